The first-order valence-corrected chi connectivity index (χ1v) is 5.91. The number of nitrogens with two attached hydrogens (primary N) is 1. The average Bonchev–Trinajstić information content (AvgIpc) is 2.15. The molecule has 0 radical (unpaired) electrons. The lowest BCUT2D eigenvalue weighted by Crippen LogP contribution is -2.25. The first kappa shape index (κ1) is 12.5. The fraction of sp³-hybridized carbons (Fsp3) is 0.222. The number of carboxylic acid groups (broad SMARTS) is 1. The Morgan fingerprint density at radius 3 is 2.25 bits per heavy atom. The average molecular weight is 244 g/mol. The van der Waals surface area contributed by atoms with Gasteiger partial charge in [0.05, 0.1) is 4.90 Å². The molecule has 0 heterocycles. The van der Waals surface area contributed by atoms with Gasteiger partial charge in [0.25, 0.3) is 0 Å². The Kier molecular flexibility index (Phi) is 3.51. The number of sulfonamides is 1. The molecule has 1 aromatic carbocycles. The summed E-state index contributed by atoms with van der Waals surface area (Å²) in [6.07, 6.45) is 0. The Hall–Kier alpha value is -1.60. The number of benzene rings is 1. The Balaban J connectivity index is 2.91. The van der Waals surface area contributed by atoms with E-state index < -0.39 is 16.0 Å². The smallest absolute Gasteiger partial charge is 0.323 e. The molecule has 0 saturated heterocycles. The van der Waals surface area contributed by atoms with Crippen molar-refractivity contribution in [2.45, 2.75) is 4.90 Å². The maximum Gasteiger partial charge on any atom is 0.323 e. The Morgan fingerprint density at radius 1 is 1.38 bits per heavy atom. The molecule has 0 unspecified atom stereocenters. The summed E-state index contributed by atoms with van der Waals surface area (Å²) in [6.45, 7) is -0.158. The summed E-state index contributed by atoms with van der Waals surface area (Å²) in [6, 6.07) is 5.68. The monoisotopic (exact) mass is 244 g/mol. The zero-order valence-corrected chi connectivity index (χ0v) is 9.44. The molecule has 0 amide bonds. The molecule has 1 aromatic rings. The molecule has 0 aliphatic carbocycles. The minimum absolute atomic E-state index is 0.0000231. The molecule has 6 nitrogen and oxygen atoms in total. The zero-order valence-electron chi connectivity index (χ0n) is 8.62. The molecule has 0 aliphatic rings. The highest BCUT2D eigenvalue weighted by Gasteiger charge is 2.09. The summed E-state index contributed by atoms with van der Waals surface area (Å²) in [7, 11) is -2.11. The third kappa shape index (κ3) is 3.21. The molecule has 1 rings (SSSR count). The number of rotatable bonds is 4. The summed E-state index contributed by atoms with van der Waals surface area (Å²) in [5.41, 5.74) is 0.606. The van der Waals surface area contributed by atoms with Gasteiger partial charge in [-0.3, -0.25) is 4.79 Å². The van der Waals surface area contributed by atoms with E-state index in [9.17, 15) is 13.2 Å². The van der Waals surface area contributed by atoms with E-state index in [1.54, 1.807) is 7.05 Å². The number of anilines is 1. The van der Waals surface area contributed by atoms with Crippen LogP contribution in [0.3, 0.4) is 0 Å². The van der Waals surface area contributed by atoms with Gasteiger partial charge in [0, 0.05) is 12.7 Å². The Bertz CT molecular complexity index is 481. The van der Waals surface area contributed by atoms with Crippen LogP contribution in [0.4, 0.5) is 5.69 Å². The van der Waals surface area contributed by atoms with Crippen molar-refractivity contribution in [2.75, 3.05) is 18.5 Å². The van der Waals surface area contributed by atoms with Crippen molar-refractivity contribution in [2.24, 2.45) is 5.14 Å². The zero-order chi connectivity index (χ0) is 12.3. The van der Waals surface area contributed by atoms with Gasteiger partial charge in [-0.1, -0.05) is 0 Å². The number of aliphatic carboxylic acids is 1. The second kappa shape index (κ2) is 4.50. The number of carbonyl (C=O) groups is 1. The second-order valence-corrected chi connectivity index (χ2v) is 4.85. The highest BCUT2D eigenvalue weighted by molar-refractivity contribution is 7.89. The van der Waals surface area contributed by atoms with Crippen LogP contribution in [0.15, 0.2) is 29.2 Å². The third-order valence-electron chi connectivity index (χ3n) is 1.98. The predicted molar refractivity (Wildman–Crippen MR) is 58.7 cm³/mol. The Labute approximate surface area is 93.3 Å². The molecule has 88 valence electrons. The summed E-state index contributed by atoms with van der Waals surface area (Å²) >= 11 is 0. The van der Waals surface area contributed by atoms with Crippen LogP contribution in [-0.2, 0) is 14.8 Å². The van der Waals surface area contributed by atoms with E-state index in [0.29, 0.717) is 5.69 Å². The van der Waals surface area contributed by atoms with Crippen LogP contribution in [0, 0.1) is 0 Å². The van der Waals surface area contributed by atoms with Crippen molar-refractivity contribution in [1.82, 2.24) is 0 Å². The van der Waals surface area contributed by atoms with E-state index in [0.717, 1.165) is 0 Å². The topological polar surface area (TPSA) is 101 Å². The van der Waals surface area contributed by atoms with Crippen LogP contribution in [0.25, 0.3) is 0 Å². The van der Waals surface area contributed by atoms with Crippen molar-refractivity contribution < 1.29 is 18.3 Å². The lowest BCUT2D eigenvalue weighted by atomic mass is 10.3. The fourth-order valence-electron chi connectivity index (χ4n) is 1.18. The maximum absolute atomic E-state index is 11.0. The van der Waals surface area contributed by atoms with Gasteiger partial charge < -0.3 is 10.0 Å². The molecule has 0 spiro atoms. The lowest BCUT2D eigenvalue weighted by molar-refractivity contribution is -0.135. The van der Waals surface area contributed by atoms with Gasteiger partial charge in [-0.15, -0.1) is 0 Å². The fourth-order valence-corrected chi connectivity index (χ4v) is 1.70. The normalized spacial score (nSPS) is 11.1. The Morgan fingerprint density at radius 2 is 1.88 bits per heavy atom. The highest BCUT2D eigenvalue weighted by atomic mass is 32.2. The van der Waals surface area contributed by atoms with E-state index in [1.165, 1.54) is 29.2 Å². The second-order valence-electron chi connectivity index (χ2n) is 3.29. The number of carboxylic acids is 1. The molecular formula is C9H12N2O4S. The van der Waals surface area contributed by atoms with Crippen LogP contribution in [0.1, 0.15) is 0 Å². The lowest BCUT2D eigenvalue weighted by Gasteiger charge is -2.16. The van der Waals surface area contributed by atoms with Crippen molar-refractivity contribution in [3.63, 3.8) is 0 Å². The molecule has 3 N–H and O–H groups in total. The van der Waals surface area contributed by atoms with E-state index in [1.807, 2.05) is 0 Å². The molecule has 0 saturated carbocycles. The van der Waals surface area contributed by atoms with E-state index in [4.69, 9.17) is 10.2 Å². The van der Waals surface area contributed by atoms with Crippen molar-refractivity contribution >= 4 is 21.7 Å². The number of likely N-dealkylation sites (N-methyl/N-ethyl adjacent to an activating group) is 1. The minimum Gasteiger partial charge on any atom is -0.480 e. The van der Waals surface area contributed by atoms with E-state index in [-0.39, 0.29) is 11.4 Å². The molecule has 0 aromatic heterocycles. The van der Waals surface area contributed by atoms with Crippen LogP contribution in [-0.4, -0.2) is 33.1 Å². The van der Waals surface area contributed by atoms with Gasteiger partial charge in [0.2, 0.25) is 10.0 Å². The van der Waals surface area contributed by atoms with Gasteiger partial charge in [0.1, 0.15) is 6.54 Å². The molecular weight excluding hydrogens is 232 g/mol. The first-order chi connectivity index (χ1) is 7.30. The van der Waals surface area contributed by atoms with Gasteiger partial charge in [-0.2, -0.15) is 0 Å². The predicted octanol–water partition coefficient (Wildman–Crippen LogP) is -0.145. The number of hydrogen-bond acceptors (Lipinski definition) is 4. The van der Waals surface area contributed by atoms with Gasteiger partial charge >= 0.3 is 5.97 Å². The van der Waals surface area contributed by atoms with Crippen molar-refractivity contribution in [3.8, 4) is 0 Å². The largest absolute Gasteiger partial charge is 0.480 e. The summed E-state index contributed by atoms with van der Waals surface area (Å²) < 4.78 is 21.9. The number of nitrogens with zero attached hydrogens (tertiary/aromatic N) is 1. The van der Waals surface area contributed by atoms with Crippen LogP contribution < -0.4 is 10.0 Å². The summed E-state index contributed by atoms with van der Waals surface area (Å²) in [4.78, 5) is 11.9. The summed E-state index contributed by atoms with van der Waals surface area (Å²) in [5, 5.41) is 13.5. The standard InChI is InChI=1S/C9H12N2O4S/c1-11(6-9(12)13)7-2-4-8(5-3-7)16(10,14)15/h2-5H,6H2,1H3,(H,12,13)(H2,10,14,15). The van der Waals surface area contributed by atoms with E-state index in [2.05, 4.69) is 0 Å². The van der Waals surface area contributed by atoms with E-state index >= 15 is 0 Å². The van der Waals surface area contributed by atoms with Gasteiger partial charge in [-0.25, -0.2) is 13.6 Å². The molecule has 0 aliphatic heterocycles. The molecule has 0 bridgehead atoms. The summed E-state index contributed by atoms with van der Waals surface area (Å²) in [5.74, 6) is -0.960. The minimum atomic E-state index is -3.70. The van der Waals surface area contributed by atoms with Crippen LogP contribution >= 0.6 is 0 Å². The molecule has 16 heavy (non-hydrogen) atoms. The van der Waals surface area contributed by atoms with Gasteiger partial charge in [-0.05, 0) is 24.3 Å². The number of primary sulfonamides is 1. The molecule has 0 atom stereocenters. The highest BCUT2D eigenvalue weighted by Crippen LogP contribution is 2.15. The van der Waals surface area contributed by atoms with Crippen molar-refractivity contribution in [3.05, 3.63) is 24.3 Å². The van der Waals surface area contributed by atoms with Crippen molar-refractivity contribution in [1.29, 1.82) is 0 Å². The number of hydrogen-bond donors (Lipinski definition) is 2. The maximum atomic E-state index is 11.0. The first-order valence-electron chi connectivity index (χ1n) is 4.36. The molecule has 7 heteroatoms. The third-order valence-corrected chi connectivity index (χ3v) is 2.91. The molecule has 0 fully saturated rings. The van der Waals surface area contributed by atoms with Crippen LogP contribution in [0.5, 0.6) is 0 Å². The SMILES string of the molecule is CN(CC(=O)O)c1ccc(S(N)(=O)=O)cc1. The van der Waals surface area contributed by atoms with Gasteiger partial charge in [0.15, 0.2) is 0 Å². The van der Waals surface area contributed by atoms with Crippen LogP contribution in [0.2, 0.25) is 0 Å². The quantitative estimate of drug-likeness (QED) is 0.767.